The number of carbonyl (C=O) groups is 1. The number of piperazine rings is 1. The predicted octanol–water partition coefficient (Wildman–Crippen LogP) is 3.67. The van der Waals surface area contributed by atoms with Gasteiger partial charge in [-0.25, -0.2) is 9.97 Å². The van der Waals surface area contributed by atoms with E-state index in [0.29, 0.717) is 35.5 Å². The fourth-order valence-electron chi connectivity index (χ4n) is 4.64. The maximum atomic E-state index is 14.0. The van der Waals surface area contributed by atoms with Gasteiger partial charge in [-0.2, -0.15) is 18.2 Å². The molecule has 212 valence electrons. The van der Waals surface area contributed by atoms with Gasteiger partial charge in [0.25, 0.3) is 5.91 Å². The number of fused-ring (bicyclic) bond motifs is 1. The first-order valence-corrected chi connectivity index (χ1v) is 13.0. The largest absolute Gasteiger partial charge is 0.416 e. The molecule has 0 spiro atoms. The summed E-state index contributed by atoms with van der Waals surface area (Å²) in [7, 11) is 3.78. The second-order valence-corrected chi connectivity index (χ2v) is 10.1. The third kappa shape index (κ3) is 6.32. The molecule has 0 atom stereocenters. The molecule has 4 aromatic rings. The summed E-state index contributed by atoms with van der Waals surface area (Å²) in [6, 6.07) is 8.85. The SMILES string of the molecule is Cc1ccc(C(=O)Nc2ccc(CN3CCN(C)CC3)c(C(F)(F)F)c2)cc1C#Cc1nc(N)nc2c1ncn2C. The Kier molecular flexibility index (Phi) is 7.66. The number of nitrogens with two attached hydrogens (primary N) is 1. The molecule has 12 heteroatoms. The first-order chi connectivity index (χ1) is 19.5. The lowest BCUT2D eigenvalue weighted by molar-refractivity contribution is -0.138. The van der Waals surface area contributed by atoms with Crippen LogP contribution in [0.1, 0.15) is 38.3 Å². The first kappa shape index (κ1) is 28.1. The van der Waals surface area contributed by atoms with Crippen molar-refractivity contribution < 1.29 is 18.0 Å². The number of aromatic nitrogens is 4. The fraction of sp³-hybridized carbons (Fsp3) is 0.310. The summed E-state index contributed by atoms with van der Waals surface area (Å²) in [5.41, 5.74) is 8.31. The lowest BCUT2D eigenvalue weighted by Crippen LogP contribution is -2.44. The molecule has 1 aliphatic rings. The van der Waals surface area contributed by atoms with E-state index in [1.54, 1.807) is 36.1 Å². The monoisotopic (exact) mass is 562 g/mol. The third-order valence-electron chi connectivity index (χ3n) is 7.06. The minimum Gasteiger partial charge on any atom is -0.368 e. The summed E-state index contributed by atoms with van der Waals surface area (Å²) in [4.78, 5) is 29.9. The maximum Gasteiger partial charge on any atom is 0.416 e. The van der Waals surface area contributed by atoms with E-state index < -0.39 is 17.6 Å². The van der Waals surface area contributed by atoms with Gasteiger partial charge in [-0.1, -0.05) is 18.1 Å². The van der Waals surface area contributed by atoms with Gasteiger partial charge in [-0.15, -0.1) is 0 Å². The standard InChI is InChI=1S/C29H29F3N8O/c1-18-4-5-20(14-19(18)7-9-24-25-26(37-28(33)36-24)39(3)17-34-25)27(41)35-22-8-6-21(23(15-22)29(30,31)32)16-40-12-10-38(2)11-13-40/h4-6,8,14-15,17H,10-13,16H2,1-3H3,(H,35,41)(H2,33,36,37). The highest BCUT2D eigenvalue weighted by Crippen LogP contribution is 2.34. The number of nitrogen functional groups attached to an aromatic ring is 1. The predicted molar refractivity (Wildman–Crippen MR) is 150 cm³/mol. The second-order valence-electron chi connectivity index (χ2n) is 10.1. The molecule has 0 bridgehead atoms. The van der Waals surface area contributed by atoms with E-state index in [1.807, 2.05) is 18.9 Å². The Labute approximate surface area is 235 Å². The quantitative estimate of drug-likeness (QED) is 0.366. The van der Waals surface area contributed by atoms with Crippen LogP contribution in [0.2, 0.25) is 0 Å². The highest BCUT2D eigenvalue weighted by Gasteiger charge is 2.34. The number of carbonyl (C=O) groups excluding carboxylic acids is 1. The molecule has 9 nitrogen and oxygen atoms in total. The van der Waals surface area contributed by atoms with Crippen LogP contribution in [0.3, 0.4) is 0 Å². The van der Waals surface area contributed by atoms with Gasteiger partial charge < -0.3 is 20.5 Å². The molecule has 0 aliphatic carbocycles. The normalized spacial score (nSPS) is 14.6. The van der Waals surface area contributed by atoms with E-state index in [4.69, 9.17) is 5.73 Å². The number of likely N-dealkylation sites (N-methyl/N-ethyl adjacent to an activating group) is 1. The average Bonchev–Trinajstić information content (AvgIpc) is 3.29. The van der Waals surface area contributed by atoms with E-state index >= 15 is 0 Å². The molecule has 5 rings (SSSR count). The molecule has 2 aromatic carbocycles. The zero-order chi connectivity index (χ0) is 29.3. The molecule has 3 N–H and O–H groups in total. The van der Waals surface area contributed by atoms with Gasteiger partial charge in [0, 0.05) is 56.6 Å². The highest BCUT2D eigenvalue weighted by atomic mass is 19.4. The highest BCUT2D eigenvalue weighted by molar-refractivity contribution is 6.04. The minimum absolute atomic E-state index is 0.0584. The summed E-state index contributed by atoms with van der Waals surface area (Å²) < 4.78 is 43.6. The van der Waals surface area contributed by atoms with Crippen molar-refractivity contribution in [1.29, 1.82) is 0 Å². The van der Waals surface area contributed by atoms with Crippen molar-refractivity contribution in [3.63, 3.8) is 0 Å². The number of alkyl halides is 3. The molecule has 41 heavy (non-hydrogen) atoms. The molecule has 1 fully saturated rings. The molecule has 2 aromatic heterocycles. The average molecular weight is 563 g/mol. The van der Waals surface area contributed by atoms with Crippen LogP contribution in [0.5, 0.6) is 0 Å². The molecule has 0 saturated carbocycles. The smallest absolute Gasteiger partial charge is 0.368 e. The van der Waals surface area contributed by atoms with Gasteiger partial charge in [0.1, 0.15) is 11.2 Å². The van der Waals surface area contributed by atoms with Crippen LogP contribution in [0.15, 0.2) is 42.7 Å². The molecular weight excluding hydrogens is 533 g/mol. The van der Waals surface area contributed by atoms with Crippen LogP contribution >= 0.6 is 0 Å². The van der Waals surface area contributed by atoms with Crippen LogP contribution in [0, 0.1) is 18.8 Å². The summed E-state index contributed by atoms with van der Waals surface area (Å²) in [5, 5.41) is 2.60. The van der Waals surface area contributed by atoms with E-state index in [-0.39, 0.29) is 29.3 Å². The first-order valence-electron chi connectivity index (χ1n) is 13.0. The van der Waals surface area contributed by atoms with Crippen molar-refractivity contribution in [3.8, 4) is 11.8 Å². The number of aryl methyl sites for hydroxylation is 2. The third-order valence-corrected chi connectivity index (χ3v) is 7.06. The van der Waals surface area contributed by atoms with Crippen molar-refractivity contribution in [2.24, 2.45) is 7.05 Å². The fourth-order valence-corrected chi connectivity index (χ4v) is 4.64. The zero-order valence-corrected chi connectivity index (χ0v) is 22.9. The number of imidazole rings is 1. The Hall–Kier alpha value is -4.47. The number of hydrogen-bond donors (Lipinski definition) is 2. The molecule has 0 radical (unpaired) electrons. The van der Waals surface area contributed by atoms with Gasteiger partial charge >= 0.3 is 6.18 Å². The number of rotatable bonds is 4. The minimum atomic E-state index is -4.56. The van der Waals surface area contributed by atoms with Crippen molar-refractivity contribution in [1.82, 2.24) is 29.3 Å². The lowest BCUT2D eigenvalue weighted by atomic mass is 10.0. The Balaban J connectivity index is 1.37. The van der Waals surface area contributed by atoms with Crippen molar-refractivity contribution in [3.05, 3.63) is 76.2 Å². The van der Waals surface area contributed by atoms with Crippen LogP contribution in [0.25, 0.3) is 11.2 Å². The van der Waals surface area contributed by atoms with Crippen LogP contribution < -0.4 is 11.1 Å². The topological polar surface area (TPSA) is 105 Å². The summed E-state index contributed by atoms with van der Waals surface area (Å²) in [6.45, 7) is 5.04. The summed E-state index contributed by atoms with van der Waals surface area (Å²) in [6.07, 6.45) is -2.97. The Morgan fingerprint density at radius 2 is 1.80 bits per heavy atom. The maximum absolute atomic E-state index is 14.0. The van der Waals surface area contributed by atoms with E-state index in [1.165, 1.54) is 12.1 Å². The van der Waals surface area contributed by atoms with Gasteiger partial charge in [-0.3, -0.25) is 9.69 Å². The molecule has 3 heterocycles. The summed E-state index contributed by atoms with van der Waals surface area (Å²) in [5.74, 6) is 5.48. The van der Waals surface area contributed by atoms with Gasteiger partial charge in [0.2, 0.25) is 5.95 Å². The summed E-state index contributed by atoms with van der Waals surface area (Å²) >= 11 is 0. The molecule has 1 amide bonds. The van der Waals surface area contributed by atoms with Gasteiger partial charge in [0.15, 0.2) is 5.65 Å². The van der Waals surface area contributed by atoms with Crippen molar-refractivity contribution >= 4 is 28.7 Å². The number of benzene rings is 2. The molecule has 0 unspecified atom stereocenters. The van der Waals surface area contributed by atoms with E-state index in [0.717, 1.165) is 24.7 Å². The molecule has 1 aliphatic heterocycles. The Morgan fingerprint density at radius 3 is 2.54 bits per heavy atom. The van der Waals surface area contributed by atoms with E-state index in [9.17, 15) is 18.0 Å². The Bertz CT molecular complexity index is 1680. The van der Waals surface area contributed by atoms with Crippen molar-refractivity contribution in [2.45, 2.75) is 19.6 Å². The number of hydrogen-bond acceptors (Lipinski definition) is 7. The number of nitrogens with zero attached hydrogens (tertiary/aromatic N) is 6. The molecule has 1 saturated heterocycles. The van der Waals surface area contributed by atoms with E-state index in [2.05, 4.69) is 37.0 Å². The zero-order valence-electron chi connectivity index (χ0n) is 22.9. The lowest BCUT2D eigenvalue weighted by Gasteiger charge is -2.33. The van der Waals surface area contributed by atoms with Crippen molar-refractivity contribution in [2.75, 3.05) is 44.3 Å². The number of amides is 1. The Morgan fingerprint density at radius 1 is 1.05 bits per heavy atom. The van der Waals surface area contributed by atoms with Crippen LogP contribution in [-0.2, 0) is 19.8 Å². The number of halogens is 3. The second kappa shape index (κ2) is 11.2. The number of anilines is 2. The van der Waals surface area contributed by atoms with Gasteiger partial charge in [-0.05, 0) is 55.3 Å². The molecular formula is C29H29F3N8O. The number of nitrogens with one attached hydrogen (secondary N) is 1. The van der Waals surface area contributed by atoms with Gasteiger partial charge in [0.05, 0.1) is 11.9 Å². The van der Waals surface area contributed by atoms with Crippen LogP contribution in [0.4, 0.5) is 24.8 Å². The van der Waals surface area contributed by atoms with Crippen LogP contribution in [-0.4, -0.2) is 68.5 Å².